The maximum atomic E-state index is 4.39. The maximum Gasteiger partial charge on any atom is 0.151 e. The third kappa shape index (κ3) is 3.87. The molecule has 0 atom stereocenters. The summed E-state index contributed by atoms with van der Waals surface area (Å²) in [4.78, 5) is 4.39. The van der Waals surface area contributed by atoms with E-state index in [1.54, 1.807) is 0 Å². The van der Waals surface area contributed by atoms with E-state index in [1.807, 2.05) is 0 Å². The third-order valence-electron chi connectivity index (χ3n) is 1.97. The molecule has 0 unspecified atom stereocenters. The highest BCUT2D eigenvalue weighted by atomic mass is 15.2. The summed E-state index contributed by atoms with van der Waals surface area (Å²) in [6, 6.07) is 0.532. The summed E-state index contributed by atoms with van der Waals surface area (Å²) in [5.41, 5.74) is 0. The van der Waals surface area contributed by atoms with Crippen LogP contribution in [0.1, 0.15) is 38.8 Å². The fraction of sp³-hybridized carbons (Fsp3) is 0.800. The number of nitrogens with zero attached hydrogens (tertiary/aromatic N) is 2. The Morgan fingerprint density at radius 3 is 2.79 bits per heavy atom. The Bertz CT molecular complexity index is 254. The van der Waals surface area contributed by atoms with Crippen molar-refractivity contribution in [2.24, 2.45) is 0 Å². The quantitative estimate of drug-likeness (QED) is 0.721. The van der Waals surface area contributed by atoms with Crippen molar-refractivity contribution in [3.05, 3.63) is 11.6 Å². The van der Waals surface area contributed by atoms with Crippen LogP contribution < -0.4 is 5.32 Å². The van der Waals surface area contributed by atoms with Crippen LogP contribution >= 0.6 is 0 Å². The van der Waals surface area contributed by atoms with E-state index in [1.165, 1.54) is 0 Å². The van der Waals surface area contributed by atoms with Crippen molar-refractivity contribution >= 4 is 0 Å². The van der Waals surface area contributed by atoms with Crippen molar-refractivity contribution in [1.82, 2.24) is 20.5 Å². The predicted molar refractivity (Wildman–Crippen MR) is 57.2 cm³/mol. The second-order valence-electron chi connectivity index (χ2n) is 3.81. The van der Waals surface area contributed by atoms with Crippen molar-refractivity contribution in [3.8, 4) is 0 Å². The van der Waals surface area contributed by atoms with Crippen LogP contribution in [0.5, 0.6) is 0 Å². The minimum atomic E-state index is 0.532. The lowest BCUT2D eigenvalue weighted by Gasteiger charge is -2.04. The van der Waals surface area contributed by atoms with Gasteiger partial charge in [0.05, 0.1) is 0 Å². The van der Waals surface area contributed by atoms with Gasteiger partial charge in [0.2, 0.25) is 0 Å². The first kappa shape index (κ1) is 11.2. The van der Waals surface area contributed by atoms with Gasteiger partial charge < -0.3 is 5.32 Å². The summed E-state index contributed by atoms with van der Waals surface area (Å²) >= 11 is 0. The van der Waals surface area contributed by atoms with E-state index in [0.717, 1.165) is 37.5 Å². The van der Waals surface area contributed by atoms with Crippen molar-refractivity contribution in [3.63, 3.8) is 0 Å². The van der Waals surface area contributed by atoms with Gasteiger partial charge in [-0.3, -0.25) is 5.10 Å². The molecule has 0 aliphatic carbocycles. The lowest BCUT2D eigenvalue weighted by Crippen LogP contribution is -2.25. The normalized spacial score (nSPS) is 11.1. The number of H-pyrrole nitrogens is 1. The van der Waals surface area contributed by atoms with Crippen LogP contribution in [-0.2, 0) is 12.8 Å². The molecule has 0 aliphatic rings. The number of aromatic nitrogens is 3. The van der Waals surface area contributed by atoms with E-state index in [4.69, 9.17) is 0 Å². The number of hydrogen-bond acceptors (Lipinski definition) is 3. The zero-order valence-corrected chi connectivity index (χ0v) is 9.30. The first-order valence-corrected chi connectivity index (χ1v) is 5.36. The van der Waals surface area contributed by atoms with Crippen LogP contribution in [0, 0.1) is 0 Å². The smallest absolute Gasteiger partial charge is 0.151 e. The molecule has 0 bridgehead atoms. The predicted octanol–water partition coefficient (Wildman–Crippen LogP) is 1.30. The number of aryl methyl sites for hydroxylation is 1. The Morgan fingerprint density at radius 1 is 1.36 bits per heavy atom. The number of aromatic amines is 1. The fourth-order valence-electron chi connectivity index (χ4n) is 1.27. The Morgan fingerprint density at radius 2 is 2.14 bits per heavy atom. The van der Waals surface area contributed by atoms with Gasteiger partial charge in [0.1, 0.15) is 5.82 Å². The largest absolute Gasteiger partial charge is 0.314 e. The molecule has 1 heterocycles. The second-order valence-corrected chi connectivity index (χ2v) is 3.81. The summed E-state index contributed by atoms with van der Waals surface area (Å²) in [5.74, 6) is 1.92. The molecule has 0 fully saturated rings. The summed E-state index contributed by atoms with van der Waals surface area (Å²) in [6.45, 7) is 7.37. The second kappa shape index (κ2) is 5.75. The van der Waals surface area contributed by atoms with Crippen LogP contribution in [-0.4, -0.2) is 27.8 Å². The average molecular weight is 196 g/mol. The fourth-order valence-corrected chi connectivity index (χ4v) is 1.27. The van der Waals surface area contributed by atoms with Crippen molar-refractivity contribution in [2.45, 2.75) is 46.1 Å². The molecule has 0 spiro atoms. The van der Waals surface area contributed by atoms with Gasteiger partial charge in [-0.2, -0.15) is 5.10 Å². The van der Waals surface area contributed by atoms with Crippen LogP contribution in [0.15, 0.2) is 0 Å². The van der Waals surface area contributed by atoms with E-state index >= 15 is 0 Å². The molecule has 0 saturated carbocycles. The first-order chi connectivity index (χ1) is 6.72. The van der Waals surface area contributed by atoms with Gasteiger partial charge in [0.25, 0.3) is 0 Å². The van der Waals surface area contributed by atoms with Crippen LogP contribution in [0.4, 0.5) is 0 Å². The first-order valence-electron chi connectivity index (χ1n) is 5.36. The maximum absolute atomic E-state index is 4.39. The van der Waals surface area contributed by atoms with E-state index in [2.05, 4.69) is 41.3 Å². The SMILES string of the molecule is CCCc1nc(CCNC(C)C)n[nH]1. The molecule has 1 aromatic rings. The zero-order chi connectivity index (χ0) is 10.4. The number of rotatable bonds is 6. The lowest BCUT2D eigenvalue weighted by molar-refractivity contribution is 0.583. The van der Waals surface area contributed by atoms with Gasteiger partial charge in [0, 0.05) is 25.4 Å². The van der Waals surface area contributed by atoms with Crippen LogP contribution in [0.2, 0.25) is 0 Å². The van der Waals surface area contributed by atoms with Crippen LogP contribution in [0.3, 0.4) is 0 Å². The highest BCUT2D eigenvalue weighted by Gasteiger charge is 2.01. The Hall–Kier alpha value is -0.900. The van der Waals surface area contributed by atoms with Gasteiger partial charge >= 0.3 is 0 Å². The van der Waals surface area contributed by atoms with Crippen molar-refractivity contribution < 1.29 is 0 Å². The summed E-state index contributed by atoms with van der Waals surface area (Å²) in [7, 11) is 0. The van der Waals surface area contributed by atoms with E-state index in [0.29, 0.717) is 6.04 Å². The van der Waals surface area contributed by atoms with Gasteiger partial charge in [-0.15, -0.1) is 0 Å². The Balaban J connectivity index is 2.28. The Labute approximate surface area is 85.5 Å². The number of nitrogens with one attached hydrogen (secondary N) is 2. The minimum Gasteiger partial charge on any atom is -0.314 e. The van der Waals surface area contributed by atoms with Crippen LogP contribution in [0.25, 0.3) is 0 Å². The molecule has 2 N–H and O–H groups in total. The molecule has 80 valence electrons. The molecular formula is C10H20N4. The summed E-state index contributed by atoms with van der Waals surface area (Å²) < 4.78 is 0. The molecular weight excluding hydrogens is 176 g/mol. The number of hydrogen-bond donors (Lipinski definition) is 2. The average Bonchev–Trinajstić information content (AvgIpc) is 2.53. The monoisotopic (exact) mass is 196 g/mol. The Kier molecular flexibility index (Phi) is 4.59. The molecule has 1 rings (SSSR count). The summed E-state index contributed by atoms with van der Waals surface area (Å²) in [6.07, 6.45) is 3.00. The van der Waals surface area contributed by atoms with Gasteiger partial charge in [-0.05, 0) is 6.42 Å². The zero-order valence-electron chi connectivity index (χ0n) is 9.30. The molecule has 0 aromatic carbocycles. The standard InChI is InChI=1S/C10H20N4/c1-4-5-9-12-10(14-13-9)6-7-11-8(2)3/h8,11H,4-7H2,1-3H3,(H,12,13,14). The summed E-state index contributed by atoms with van der Waals surface area (Å²) in [5, 5.41) is 10.5. The highest BCUT2D eigenvalue weighted by Crippen LogP contribution is 1.96. The highest BCUT2D eigenvalue weighted by molar-refractivity contribution is 4.90. The third-order valence-corrected chi connectivity index (χ3v) is 1.97. The molecule has 4 nitrogen and oxygen atoms in total. The van der Waals surface area contributed by atoms with Gasteiger partial charge in [-0.1, -0.05) is 20.8 Å². The molecule has 14 heavy (non-hydrogen) atoms. The van der Waals surface area contributed by atoms with E-state index in [-0.39, 0.29) is 0 Å². The lowest BCUT2D eigenvalue weighted by atomic mass is 10.3. The van der Waals surface area contributed by atoms with E-state index < -0.39 is 0 Å². The molecule has 0 saturated heterocycles. The topological polar surface area (TPSA) is 53.6 Å². The van der Waals surface area contributed by atoms with Gasteiger partial charge in [-0.25, -0.2) is 4.98 Å². The minimum absolute atomic E-state index is 0.532. The molecule has 0 aliphatic heterocycles. The van der Waals surface area contributed by atoms with E-state index in [9.17, 15) is 0 Å². The van der Waals surface area contributed by atoms with Crippen molar-refractivity contribution in [2.75, 3.05) is 6.54 Å². The van der Waals surface area contributed by atoms with Gasteiger partial charge in [0.15, 0.2) is 5.82 Å². The molecule has 4 heteroatoms. The molecule has 0 amide bonds. The molecule has 0 radical (unpaired) electrons. The molecule has 1 aromatic heterocycles. The van der Waals surface area contributed by atoms with Crippen molar-refractivity contribution in [1.29, 1.82) is 0 Å².